The first kappa shape index (κ1) is 20.1. The first-order valence-corrected chi connectivity index (χ1v) is 11.7. The van der Waals surface area contributed by atoms with Gasteiger partial charge in [0.25, 0.3) is 0 Å². The van der Waals surface area contributed by atoms with E-state index >= 15 is 0 Å². The lowest BCUT2D eigenvalue weighted by Crippen LogP contribution is -2.24. The van der Waals surface area contributed by atoms with Gasteiger partial charge in [-0.15, -0.1) is 0 Å². The van der Waals surface area contributed by atoms with Crippen LogP contribution in [-0.4, -0.2) is 32.1 Å². The molecule has 2 aliphatic rings. The molecule has 1 aliphatic heterocycles. The van der Waals surface area contributed by atoms with Crippen molar-refractivity contribution in [1.82, 2.24) is 19.7 Å². The van der Waals surface area contributed by atoms with Gasteiger partial charge in [0.15, 0.2) is 0 Å². The zero-order valence-electron chi connectivity index (χ0n) is 19.0. The van der Waals surface area contributed by atoms with E-state index in [2.05, 4.69) is 51.7 Å². The number of amides is 1. The third-order valence-electron chi connectivity index (χ3n) is 7.27. The lowest BCUT2D eigenvalue weighted by molar-refractivity contribution is -0.117. The molecular formula is C26H27N5O2. The number of anilines is 1. The minimum Gasteiger partial charge on any atom is -0.339 e. The summed E-state index contributed by atoms with van der Waals surface area (Å²) in [6.07, 6.45) is 7.36. The number of benzene rings is 2. The Balaban J connectivity index is 1.23. The number of aromatic nitrogens is 4. The molecule has 1 amide bonds. The monoisotopic (exact) mass is 441 g/mol. The van der Waals surface area contributed by atoms with Gasteiger partial charge in [0.2, 0.25) is 17.6 Å². The molecule has 7 heteroatoms. The van der Waals surface area contributed by atoms with Gasteiger partial charge < -0.3 is 14.0 Å². The van der Waals surface area contributed by atoms with Gasteiger partial charge in [0.05, 0.1) is 23.3 Å². The van der Waals surface area contributed by atoms with Crippen LogP contribution in [0.5, 0.6) is 0 Å². The number of fused-ring (bicyclic) bond motifs is 1. The zero-order valence-corrected chi connectivity index (χ0v) is 19.0. The molecule has 2 aromatic heterocycles. The van der Waals surface area contributed by atoms with Crippen LogP contribution in [0.4, 0.5) is 5.69 Å². The molecule has 1 aliphatic carbocycles. The minimum atomic E-state index is -0.106. The Morgan fingerprint density at radius 3 is 2.70 bits per heavy atom. The van der Waals surface area contributed by atoms with Crippen LogP contribution in [0.25, 0.3) is 22.4 Å². The maximum atomic E-state index is 12.7. The van der Waals surface area contributed by atoms with Crippen LogP contribution in [0.15, 0.2) is 47.2 Å². The number of carbonyl (C=O) groups is 1. The Kier molecular flexibility index (Phi) is 4.78. The van der Waals surface area contributed by atoms with Crippen molar-refractivity contribution in [3.8, 4) is 11.4 Å². The Morgan fingerprint density at radius 2 is 1.88 bits per heavy atom. The standard InChI is InChI=1S/C26H27N5O2/c1-16-7-9-21(11-17(16)2)30-14-19(13-24(30)32)26-28-25(29-33-26)18-8-10-23-22(12-18)27-15-31(23)20-5-3-4-6-20/h7-12,15,19-20H,3-6,13-14H2,1-2H3/t19-/m0/s1. The third-order valence-corrected chi connectivity index (χ3v) is 7.27. The number of carbonyl (C=O) groups excluding carboxylic acids is 1. The van der Waals surface area contributed by atoms with Crippen LogP contribution in [0.3, 0.4) is 0 Å². The van der Waals surface area contributed by atoms with Crippen molar-refractivity contribution in [3.63, 3.8) is 0 Å². The number of rotatable bonds is 4. The Hall–Kier alpha value is -3.48. The largest absolute Gasteiger partial charge is 0.339 e. The van der Waals surface area contributed by atoms with E-state index in [4.69, 9.17) is 4.52 Å². The Labute approximate surface area is 192 Å². The van der Waals surface area contributed by atoms with Crippen LogP contribution in [0.2, 0.25) is 0 Å². The van der Waals surface area contributed by atoms with Gasteiger partial charge in [0, 0.05) is 30.3 Å². The van der Waals surface area contributed by atoms with Gasteiger partial charge in [-0.25, -0.2) is 4.98 Å². The van der Waals surface area contributed by atoms with Crippen molar-refractivity contribution < 1.29 is 9.32 Å². The van der Waals surface area contributed by atoms with E-state index in [0.717, 1.165) is 22.3 Å². The van der Waals surface area contributed by atoms with Gasteiger partial charge in [-0.1, -0.05) is 24.1 Å². The van der Waals surface area contributed by atoms with Gasteiger partial charge >= 0.3 is 0 Å². The van der Waals surface area contributed by atoms with E-state index in [9.17, 15) is 4.79 Å². The molecule has 3 heterocycles. The number of aryl methyl sites for hydroxylation is 2. The summed E-state index contributed by atoms with van der Waals surface area (Å²) in [6, 6.07) is 12.8. The van der Waals surface area contributed by atoms with Crippen LogP contribution in [0, 0.1) is 13.8 Å². The Bertz CT molecular complexity index is 1350. The molecule has 0 radical (unpaired) electrons. The highest BCUT2D eigenvalue weighted by Crippen LogP contribution is 2.35. The maximum Gasteiger partial charge on any atom is 0.232 e. The summed E-state index contributed by atoms with van der Waals surface area (Å²) in [6.45, 7) is 4.69. The normalized spacial score (nSPS) is 19.3. The fourth-order valence-corrected chi connectivity index (χ4v) is 5.18. The number of hydrogen-bond acceptors (Lipinski definition) is 5. The van der Waals surface area contributed by atoms with Crippen LogP contribution in [0.1, 0.15) is 61.1 Å². The third kappa shape index (κ3) is 3.52. The summed E-state index contributed by atoms with van der Waals surface area (Å²) in [5.74, 6) is 1.04. The molecule has 33 heavy (non-hydrogen) atoms. The van der Waals surface area contributed by atoms with Crippen molar-refractivity contribution >= 4 is 22.6 Å². The summed E-state index contributed by atoms with van der Waals surface area (Å²) in [7, 11) is 0. The molecule has 0 bridgehead atoms. The minimum absolute atomic E-state index is 0.0851. The predicted octanol–water partition coefficient (Wildman–Crippen LogP) is 5.34. The molecule has 1 saturated carbocycles. The molecule has 7 nitrogen and oxygen atoms in total. The first-order valence-electron chi connectivity index (χ1n) is 11.7. The second-order valence-electron chi connectivity index (χ2n) is 9.42. The SMILES string of the molecule is Cc1ccc(N2C[C@@H](c3nc(-c4ccc5c(c4)ncn5C4CCCC4)no3)CC2=O)cc1C. The summed E-state index contributed by atoms with van der Waals surface area (Å²) in [4.78, 5) is 23.8. The highest BCUT2D eigenvalue weighted by Gasteiger charge is 2.35. The summed E-state index contributed by atoms with van der Waals surface area (Å²) in [5.41, 5.74) is 6.30. The first-order chi connectivity index (χ1) is 16.1. The van der Waals surface area contributed by atoms with Gasteiger partial charge in [-0.05, 0) is 68.1 Å². The van der Waals surface area contributed by atoms with Crippen molar-refractivity contribution in [2.45, 2.75) is 57.9 Å². The molecule has 168 valence electrons. The van der Waals surface area contributed by atoms with Crippen molar-refractivity contribution in [1.29, 1.82) is 0 Å². The molecule has 1 atom stereocenters. The van der Waals surface area contributed by atoms with Crippen LogP contribution in [-0.2, 0) is 4.79 Å². The highest BCUT2D eigenvalue weighted by atomic mass is 16.5. The van der Waals surface area contributed by atoms with E-state index in [-0.39, 0.29) is 11.8 Å². The molecule has 0 N–H and O–H groups in total. The van der Waals surface area contributed by atoms with E-state index in [1.54, 1.807) is 0 Å². The van der Waals surface area contributed by atoms with E-state index < -0.39 is 0 Å². The summed E-state index contributed by atoms with van der Waals surface area (Å²) < 4.78 is 7.92. The lowest BCUT2D eigenvalue weighted by atomic mass is 10.1. The zero-order chi connectivity index (χ0) is 22.5. The molecule has 1 saturated heterocycles. The fraction of sp³-hybridized carbons (Fsp3) is 0.385. The fourth-order valence-electron chi connectivity index (χ4n) is 5.18. The second kappa shape index (κ2) is 7.83. The van der Waals surface area contributed by atoms with Gasteiger partial charge in [0.1, 0.15) is 0 Å². The summed E-state index contributed by atoms with van der Waals surface area (Å²) in [5, 5.41) is 4.22. The topological polar surface area (TPSA) is 77.1 Å². The molecular weight excluding hydrogens is 414 g/mol. The molecule has 0 spiro atoms. The second-order valence-corrected chi connectivity index (χ2v) is 9.42. The predicted molar refractivity (Wildman–Crippen MR) is 126 cm³/mol. The number of hydrogen-bond donors (Lipinski definition) is 0. The average molecular weight is 442 g/mol. The Morgan fingerprint density at radius 1 is 1.03 bits per heavy atom. The number of nitrogens with zero attached hydrogens (tertiary/aromatic N) is 5. The van der Waals surface area contributed by atoms with Crippen LogP contribution >= 0.6 is 0 Å². The number of imidazole rings is 1. The van der Waals surface area contributed by atoms with Crippen molar-refractivity contribution in [3.05, 3.63) is 59.7 Å². The van der Waals surface area contributed by atoms with Crippen LogP contribution < -0.4 is 4.90 Å². The molecule has 6 rings (SSSR count). The van der Waals surface area contributed by atoms with Crippen molar-refractivity contribution in [2.24, 2.45) is 0 Å². The van der Waals surface area contributed by atoms with Gasteiger partial charge in [-0.3, -0.25) is 4.79 Å². The molecule has 0 unspecified atom stereocenters. The van der Waals surface area contributed by atoms with Crippen molar-refractivity contribution in [2.75, 3.05) is 11.4 Å². The average Bonchev–Trinajstić information content (AvgIpc) is 3.60. The highest BCUT2D eigenvalue weighted by molar-refractivity contribution is 5.96. The van der Waals surface area contributed by atoms with E-state index in [1.165, 1.54) is 36.8 Å². The smallest absolute Gasteiger partial charge is 0.232 e. The molecule has 2 fully saturated rings. The van der Waals surface area contributed by atoms with E-state index in [0.29, 0.717) is 30.7 Å². The quantitative estimate of drug-likeness (QED) is 0.427. The van der Waals surface area contributed by atoms with E-state index in [1.807, 2.05) is 29.4 Å². The summed E-state index contributed by atoms with van der Waals surface area (Å²) >= 11 is 0. The molecule has 2 aromatic carbocycles. The van der Waals surface area contributed by atoms with Gasteiger partial charge in [-0.2, -0.15) is 4.98 Å². The lowest BCUT2D eigenvalue weighted by Gasteiger charge is -2.17. The molecule has 4 aromatic rings. The maximum absolute atomic E-state index is 12.7.